The van der Waals surface area contributed by atoms with Crippen LogP contribution in [0.25, 0.3) is 0 Å². The number of halogens is 2. The summed E-state index contributed by atoms with van der Waals surface area (Å²) in [7, 11) is 0. The summed E-state index contributed by atoms with van der Waals surface area (Å²) in [6.07, 6.45) is 17.1. The van der Waals surface area contributed by atoms with E-state index in [1.165, 1.54) is 25.7 Å². The highest BCUT2D eigenvalue weighted by atomic mass is 79.9. The van der Waals surface area contributed by atoms with E-state index in [4.69, 9.17) is 0 Å². The Labute approximate surface area is 192 Å². The van der Waals surface area contributed by atoms with Crippen LogP contribution in [0.15, 0.2) is 57.1 Å². The van der Waals surface area contributed by atoms with Gasteiger partial charge in [-0.15, -0.1) is 0 Å². The topological polar surface area (TPSA) is 40.5 Å². The van der Waals surface area contributed by atoms with Crippen molar-refractivity contribution in [1.82, 2.24) is 0 Å². The van der Waals surface area contributed by atoms with Gasteiger partial charge < -0.3 is 10.2 Å². The Morgan fingerprint density at radius 2 is 2.00 bits per heavy atom. The summed E-state index contributed by atoms with van der Waals surface area (Å²) in [5, 5.41) is 20.1. The minimum absolute atomic E-state index is 0.351. The second kappa shape index (κ2) is 9.80. The van der Waals surface area contributed by atoms with Gasteiger partial charge in [-0.05, 0) is 111 Å². The van der Waals surface area contributed by atoms with E-state index in [0.29, 0.717) is 36.0 Å². The Kier molecular flexibility index (Phi) is 7.86. The molecule has 160 valence electrons. The number of hydrogen-bond acceptors (Lipinski definition) is 2. The molecule has 0 amide bonds. The molecule has 3 rings (SSSR count). The third kappa shape index (κ3) is 5.26. The lowest BCUT2D eigenvalue weighted by molar-refractivity contribution is 0.0862. The van der Waals surface area contributed by atoms with Crippen LogP contribution in [0.5, 0.6) is 0 Å². The number of aliphatic hydroxyl groups excluding tert-OH is 2. The van der Waals surface area contributed by atoms with Gasteiger partial charge in [-0.1, -0.05) is 50.3 Å². The van der Waals surface area contributed by atoms with E-state index >= 15 is 0 Å². The Balaban J connectivity index is 1.78. The molecule has 3 saturated carbocycles. The van der Waals surface area contributed by atoms with E-state index in [0.717, 1.165) is 21.0 Å². The van der Waals surface area contributed by atoms with Crippen molar-refractivity contribution in [2.45, 2.75) is 71.0 Å². The maximum atomic E-state index is 10.1. The second-order valence-corrected chi connectivity index (χ2v) is 12.1. The van der Waals surface area contributed by atoms with Gasteiger partial charge in [-0.3, -0.25) is 0 Å². The molecule has 0 saturated heterocycles. The largest absolute Gasteiger partial charge is 0.393 e. The average molecular weight is 526 g/mol. The molecule has 0 aromatic heterocycles. The molecule has 3 fully saturated rings. The van der Waals surface area contributed by atoms with Crippen LogP contribution < -0.4 is 0 Å². The van der Waals surface area contributed by atoms with Crippen LogP contribution in [0.4, 0.5) is 0 Å². The van der Waals surface area contributed by atoms with Crippen LogP contribution in [0.1, 0.15) is 58.8 Å². The van der Waals surface area contributed by atoms with Crippen LogP contribution in [0.2, 0.25) is 0 Å². The zero-order chi connectivity index (χ0) is 21.2. The number of rotatable bonds is 4. The molecule has 0 radical (unpaired) electrons. The van der Waals surface area contributed by atoms with Crippen molar-refractivity contribution in [2.75, 3.05) is 0 Å². The standard InChI is InChI=1S/C25H34Br2O2/c1-16(6-4-8-24(26)27)21-11-12-22-18(7-5-13-25(21,22)3)9-10-19-14-20(28)15-23(29)17(19)2/h4,6,8-10,16,20-23,28-29H,2,5,7,11-15H2,1,3H3/b6-4+,18-9+,19-10-/t16-,20-,21-,22+,23+,25-/m1/s1. The van der Waals surface area contributed by atoms with Gasteiger partial charge in [-0.25, -0.2) is 0 Å². The fourth-order valence-corrected chi connectivity index (χ4v) is 6.35. The van der Waals surface area contributed by atoms with Crippen molar-refractivity contribution in [2.24, 2.45) is 23.2 Å². The van der Waals surface area contributed by atoms with Crippen LogP contribution in [0.3, 0.4) is 0 Å². The fraction of sp³-hybridized carbons (Fsp3) is 0.600. The Bertz CT molecular complexity index is 744. The Hall–Kier alpha value is -0.420. The summed E-state index contributed by atoms with van der Waals surface area (Å²) < 4.78 is 0.972. The molecule has 3 aliphatic carbocycles. The monoisotopic (exact) mass is 524 g/mol. The van der Waals surface area contributed by atoms with Gasteiger partial charge in [0.05, 0.1) is 15.6 Å². The maximum Gasteiger partial charge on any atom is 0.0811 e. The van der Waals surface area contributed by atoms with Gasteiger partial charge in [0.1, 0.15) is 0 Å². The van der Waals surface area contributed by atoms with Crippen LogP contribution >= 0.6 is 31.9 Å². The molecule has 0 aromatic rings. The highest BCUT2D eigenvalue weighted by molar-refractivity contribution is 9.28. The second-order valence-electron chi connectivity index (χ2n) is 9.36. The summed E-state index contributed by atoms with van der Waals surface area (Å²) in [5.74, 6) is 1.90. The molecule has 2 N–H and O–H groups in total. The first-order valence-electron chi connectivity index (χ1n) is 10.9. The van der Waals surface area contributed by atoms with Crippen molar-refractivity contribution < 1.29 is 10.2 Å². The molecule has 2 nitrogen and oxygen atoms in total. The van der Waals surface area contributed by atoms with Crippen LogP contribution in [-0.4, -0.2) is 22.4 Å². The van der Waals surface area contributed by atoms with E-state index in [-0.39, 0.29) is 0 Å². The fourth-order valence-electron chi connectivity index (χ4n) is 6.05. The lowest BCUT2D eigenvalue weighted by atomic mass is 9.61. The zero-order valence-electron chi connectivity index (χ0n) is 17.6. The first kappa shape index (κ1) is 23.2. The first-order chi connectivity index (χ1) is 13.7. The summed E-state index contributed by atoms with van der Waals surface area (Å²) in [4.78, 5) is 0. The zero-order valence-corrected chi connectivity index (χ0v) is 20.8. The van der Waals surface area contributed by atoms with Crippen LogP contribution in [0, 0.1) is 23.2 Å². The Morgan fingerprint density at radius 1 is 1.24 bits per heavy atom. The van der Waals surface area contributed by atoms with Crippen molar-refractivity contribution in [3.05, 3.63) is 57.1 Å². The molecule has 0 spiro atoms. The van der Waals surface area contributed by atoms with Crippen molar-refractivity contribution >= 4 is 31.9 Å². The molecule has 29 heavy (non-hydrogen) atoms. The van der Waals surface area contributed by atoms with Gasteiger partial charge in [0.2, 0.25) is 0 Å². The van der Waals surface area contributed by atoms with Crippen molar-refractivity contribution in [1.29, 1.82) is 0 Å². The molecule has 6 atom stereocenters. The molecule has 0 heterocycles. The highest BCUT2D eigenvalue weighted by Gasteiger charge is 2.50. The minimum Gasteiger partial charge on any atom is -0.393 e. The van der Waals surface area contributed by atoms with E-state index in [1.54, 1.807) is 5.57 Å². The summed E-state index contributed by atoms with van der Waals surface area (Å²) in [6.45, 7) is 8.92. The van der Waals surface area contributed by atoms with Gasteiger partial charge in [0.25, 0.3) is 0 Å². The van der Waals surface area contributed by atoms with E-state index in [9.17, 15) is 10.2 Å². The first-order valence-corrected chi connectivity index (χ1v) is 12.5. The van der Waals surface area contributed by atoms with Gasteiger partial charge in [0.15, 0.2) is 0 Å². The average Bonchev–Trinajstić information content (AvgIpc) is 3.00. The highest BCUT2D eigenvalue weighted by Crippen LogP contribution is 2.59. The van der Waals surface area contributed by atoms with Gasteiger partial charge in [-0.2, -0.15) is 0 Å². The molecular formula is C25H34Br2O2. The number of fused-ring (bicyclic) bond motifs is 1. The summed E-state index contributed by atoms with van der Waals surface area (Å²) in [5.41, 5.74) is 3.69. The lowest BCUT2D eigenvalue weighted by Crippen LogP contribution is -2.35. The third-order valence-electron chi connectivity index (χ3n) is 7.57. The van der Waals surface area contributed by atoms with Crippen molar-refractivity contribution in [3.63, 3.8) is 0 Å². The molecule has 4 heteroatoms. The quantitative estimate of drug-likeness (QED) is 0.390. The summed E-state index contributed by atoms with van der Waals surface area (Å²) in [6, 6.07) is 0. The number of hydrogen-bond donors (Lipinski definition) is 2. The molecule has 3 aliphatic rings. The maximum absolute atomic E-state index is 10.1. The SMILES string of the molecule is C=C1/C(=C\C=C2/CCC[C@]3(C)[C@@H]([C@H](C)/C=C/C=C(Br)Br)CC[C@@H]23)C[C@@H](O)C[C@@H]1O. The normalized spacial score (nSPS) is 39.2. The molecule has 0 aromatic carbocycles. The predicted molar refractivity (Wildman–Crippen MR) is 129 cm³/mol. The number of aliphatic hydroxyl groups is 2. The molecular weight excluding hydrogens is 492 g/mol. The van der Waals surface area contributed by atoms with E-state index < -0.39 is 12.2 Å². The van der Waals surface area contributed by atoms with E-state index in [1.807, 2.05) is 6.08 Å². The molecule has 0 bridgehead atoms. The minimum atomic E-state index is -0.614. The van der Waals surface area contributed by atoms with E-state index in [2.05, 4.69) is 76.6 Å². The smallest absolute Gasteiger partial charge is 0.0811 e. The summed E-state index contributed by atoms with van der Waals surface area (Å²) >= 11 is 6.84. The molecule has 0 unspecified atom stereocenters. The lowest BCUT2D eigenvalue weighted by Gasteiger charge is -2.44. The van der Waals surface area contributed by atoms with Crippen molar-refractivity contribution in [3.8, 4) is 0 Å². The van der Waals surface area contributed by atoms with Gasteiger partial charge in [0, 0.05) is 6.42 Å². The number of allylic oxidation sites excluding steroid dienone is 6. The predicted octanol–water partition coefficient (Wildman–Crippen LogP) is 6.95. The van der Waals surface area contributed by atoms with Crippen LogP contribution in [-0.2, 0) is 0 Å². The molecule has 0 aliphatic heterocycles. The van der Waals surface area contributed by atoms with Gasteiger partial charge >= 0.3 is 0 Å². The Morgan fingerprint density at radius 3 is 2.72 bits per heavy atom. The third-order valence-corrected chi connectivity index (χ3v) is 8.10.